The molecule has 4 rings (SSSR count). The van der Waals surface area contributed by atoms with Crippen LogP contribution in [0.4, 0.5) is 4.39 Å². The third-order valence-electron chi connectivity index (χ3n) is 3.95. The molecule has 0 aliphatic rings. The number of furan rings is 1. The molecule has 2 aromatic heterocycles. The zero-order valence-electron chi connectivity index (χ0n) is 14.4. The molecule has 4 aromatic rings. The van der Waals surface area contributed by atoms with Gasteiger partial charge in [-0.25, -0.2) is 9.37 Å². The lowest BCUT2D eigenvalue weighted by Gasteiger charge is -1.98. The van der Waals surface area contributed by atoms with Crippen LogP contribution in [0.3, 0.4) is 0 Å². The van der Waals surface area contributed by atoms with E-state index >= 15 is 0 Å². The van der Waals surface area contributed by atoms with Crippen molar-refractivity contribution in [1.82, 2.24) is 9.97 Å². The second kappa shape index (κ2) is 7.14. The average molecular weight is 375 g/mol. The van der Waals surface area contributed by atoms with E-state index in [4.69, 9.17) is 4.42 Å². The molecule has 0 saturated heterocycles. The van der Waals surface area contributed by atoms with Crippen molar-refractivity contribution in [2.24, 2.45) is 0 Å². The number of nitrogens with zero attached hydrogens (tertiary/aromatic N) is 2. The number of halogens is 1. The Morgan fingerprint density at radius 2 is 2.00 bits per heavy atom. The van der Waals surface area contributed by atoms with E-state index in [0.29, 0.717) is 28.2 Å². The van der Waals surface area contributed by atoms with Crippen molar-refractivity contribution in [3.05, 3.63) is 77.6 Å². The van der Waals surface area contributed by atoms with E-state index in [1.54, 1.807) is 18.2 Å². The van der Waals surface area contributed by atoms with Crippen molar-refractivity contribution in [3.8, 4) is 6.07 Å². The number of rotatable bonds is 4. The quantitative estimate of drug-likeness (QED) is 0.457. The molecule has 4 nitrogen and oxygen atoms in total. The van der Waals surface area contributed by atoms with Crippen LogP contribution in [0.2, 0.25) is 0 Å². The predicted molar refractivity (Wildman–Crippen MR) is 104 cm³/mol. The third-order valence-corrected chi connectivity index (χ3v) is 4.88. The first-order chi connectivity index (χ1) is 13.1. The van der Waals surface area contributed by atoms with Crippen LogP contribution in [0.25, 0.3) is 22.7 Å². The van der Waals surface area contributed by atoms with Gasteiger partial charge in [0.15, 0.2) is 5.09 Å². The molecular weight excluding hydrogens is 361 g/mol. The maximum Gasteiger partial charge on any atom is 0.165 e. The predicted octanol–water partition coefficient (Wildman–Crippen LogP) is 5.82. The summed E-state index contributed by atoms with van der Waals surface area (Å²) >= 11 is 1.51. The molecule has 6 heteroatoms. The van der Waals surface area contributed by atoms with E-state index < -0.39 is 0 Å². The summed E-state index contributed by atoms with van der Waals surface area (Å²) in [5.41, 5.74) is 2.66. The molecule has 132 valence electrons. The lowest BCUT2D eigenvalue weighted by Crippen LogP contribution is -1.84. The summed E-state index contributed by atoms with van der Waals surface area (Å²) < 4.78 is 19.1. The third kappa shape index (κ3) is 3.78. The van der Waals surface area contributed by atoms with E-state index in [-0.39, 0.29) is 5.82 Å². The molecule has 0 fully saturated rings. The van der Waals surface area contributed by atoms with E-state index in [2.05, 4.69) is 16.0 Å². The van der Waals surface area contributed by atoms with Gasteiger partial charge < -0.3 is 9.40 Å². The van der Waals surface area contributed by atoms with Crippen LogP contribution in [0.15, 0.2) is 69.0 Å². The second-order valence-electron chi connectivity index (χ2n) is 5.99. The fourth-order valence-electron chi connectivity index (χ4n) is 2.59. The van der Waals surface area contributed by atoms with Gasteiger partial charge in [-0.2, -0.15) is 5.26 Å². The van der Waals surface area contributed by atoms with Crippen molar-refractivity contribution in [3.63, 3.8) is 0 Å². The maximum absolute atomic E-state index is 13.3. The Hall–Kier alpha value is -3.30. The smallest absolute Gasteiger partial charge is 0.165 e. The molecule has 0 spiro atoms. The number of aromatic amines is 1. The van der Waals surface area contributed by atoms with Crippen molar-refractivity contribution in [2.45, 2.75) is 16.9 Å². The fourth-order valence-corrected chi connectivity index (χ4v) is 3.37. The standard InChI is InChI=1S/C21H14FN3OS/c1-13-2-6-17(7-3-13)27-20-9-5-16(26-20)10-14(12-23)21-24-18-8-4-15(22)11-19(18)25-21/h2-11H,1H3,(H,24,25)/b14-10-. The monoisotopic (exact) mass is 375 g/mol. The van der Waals surface area contributed by atoms with E-state index in [1.807, 2.05) is 37.3 Å². The van der Waals surface area contributed by atoms with Crippen LogP contribution in [-0.2, 0) is 0 Å². The van der Waals surface area contributed by atoms with Gasteiger partial charge in [-0.1, -0.05) is 29.5 Å². The Morgan fingerprint density at radius 1 is 1.19 bits per heavy atom. The van der Waals surface area contributed by atoms with E-state index in [9.17, 15) is 9.65 Å². The normalized spacial score (nSPS) is 11.7. The number of benzene rings is 2. The minimum Gasteiger partial charge on any atom is -0.450 e. The molecule has 2 heterocycles. The number of hydrogen-bond acceptors (Lipinski definition) is 4. The van der Waals surface area contributed by atoms with Gasteiger partial charge in [0, 0.05) is 11.0 Å². The number of aromatic nitrogens is 2. The highest BCUT2D eigenvalue weighted by Gasteiger charge is 2.10. The summed E-state index contributed by atoms with van der Waals surface area (Å²) in [5, 5.41) is 10.2. The summed E-state index contributed by atoms with van der Waals surface area (Å²) in [6, 6.07) is 18.2. The lowest BCUT2D eigenvalue weighted by molar-refractivity contribution is 0.466. The Morgan fingerprint density at radius 3 is 2.78 bits per heavy atom. The van der Waals surface area contributed by atoms with Crippen LogP contribution in [0, 0.1) is 24.1 Å². The van der Waals surface area contributed by atoms with Gasteiger partial charge in [0.1, 0.15) is 23.5 Å². The van der Waals surface area contributed by atoms with Gasteiger partial charge in [0.05, 0.1) is 16.6 Å². The van der Waals surface area contributed by atoms with Crippen LogP contribution in [-0.4, -0.2) is 9.97 Å². The van der Waals surface area contributed by atoms with Crippen LogP contribution in [0.1, 0.15) is 17.1 Å². The van der Waals surface area contributed by atoms with Crippen molar-refractivity contribution in [1.29, 1.82) is 5.26 Å². The number of fused-ring (bicyclic) bond motifs is 1. The van der Waals surface area contributed by atoms with Gasteiger partial charge in [-0.3, -0.25) is 0 Å². The molecule has 0 radical (unpaired) electrons. The SMILES string of the molecule is Cc1ccc(Sc2ccc(/C=C(/C#N)c3nc4ccc(F)cc4[nH]3)o2)cc1. The van der Waals surface area contributed by atoms with Crippen molar-refractivity contribution >= 4 is 34.4 Å². The zero-order chi connectivity index (χ0) is 18.8. The van der Waals surface area contributed by atoms with Crippen molar-refractivity contribution in [2.75, 3.05) is 0 Å². The van der Waals surface area contributed by atoms with E-state index in [0.717, 1.165) is 9.99 Å². The van der Waals surface area contributed by atoms with Gasteiger partial charge >= 0.3 is 0 Å². The van der Waals surface area contributed by atoms with Gasteiger partial charge in [0.2, 0.25) is 0 Å². The number of allylic oxidation sites excluding steroid dienone is 1. The summed E-state index contributed by atoms with van der Waals surface area (Å²) in [6.45, 7) is 2.04. The largest absolute Gasteiger partial charge is 0.450 e. The number of hydrogen-bond donors (Lipinski definition) is 1. The van der Waals surface area contributed by atoms with E-state index in [1.165, 1.54) is 29.5 Å². The molecule has 0 atom stereocenters. The Labute approximate surface area is 159 Å². The minimum atomic E-state index is -0.357. The topological polar surface area (TPSA) is 65.6 Å². The Balaban J connectivity index is 1.60. The first-order valence-corrected chi connectivity index (χ1v) is 9.04. The summed E-state index contributed by atoms with van der Waals surface area (Å²) in [6.07, 6.45) is 1.62. The molecule has 0 unspecified atom stereocenters. The molecule has 0 bridgehead atoms. The molecule has 27 heavy (non-hydrogen) atoms. The van der Waals surface area contributed by atoms with Gasteiger partial charge in [0.25, 0.3) is 0 Å². The van der Waals surface area contributed by atoms with Gasteiger partial charge in [-0.05, 0) is 49.4 Å². The molecular formula is C21H14FN3OS. The van der Waals surface area contributed by atoms with Crippen LogP contribution in [0.5, 0.6) is 0 Å². The number of H-pyrrole nitrogens is 1. The van der Waals surface area contributed by atoms with Crippen molar-refractivity contribution < 1.29 is 8.81 Å². The van der Waals surface area contributed by atoms with Crippen LogP contribution >= 0.6 is 11.8 Å². The fraction of sp³-hybridized carbons (Fsp3) is 0.0476. The number of nitriles is 1. The number of nitrogens with one attached hydrogen (secondary N) is 1. The zero-order valence-corrected chi connectivity index (χ0v) is 15.2. The number of aryl methyl sites for hydroxylation is 1. The average Bonchev–Trinajstić information content (AvgIpc) is 3.27. The Bertz CT molecular complexity index is 1180. The summed E-state index contributed by atoms with van der Waals surface area (Å²) in [5.74, 6) is 0.569. The van der Waals surface area contributed by atoms with Gasteiger partial charge in [-0.15, -0.1) is 0 Å². The maximum atomic E-state index is 13.3. The lowest BCUT2D eigenvalue weighted by atomic mass is 10.2. The highest BCUT2D eigenvalue weighted by Crippen LogP contribution is 2.30. The Kier molecular flexibility index (Phi) is 4.53. The molecule has 1 N–H and O–H groups in total. The molecule has 2 aromatic carbocycles. The highest BCUT2D eigenvalue weighted by atomic mass is 32.2. The first kappa shape index (κ1) is 17.1. The first-order valence-electron chi connectivity index (χ1n) is 8.22. The number of imidazole rings is 1. The summed E-state index contributed by atoms with van der Waals surface area (Å²) in [4.78, 5) is 8.39. The highest BCUT2D eigenvalue weighted by molar-refractivity contribution is 7.99. The molecule has 0 saturated carbocycles. The molecule has 0 aliphatic heterocycles. The molecule has 0 amide bonds. The second-order valence-corrected chi connectivity index (χ2v) is 7.07. The van der Waals surface area contributed by atoms with Crippen LogP contribution < -0.4 is 0 Å². The summed E-state index contributed by atoms with van der Waals surface area (Å²) in [7, 11) is 0. The minimum absolute atomic E-state index is 0.313. The molecule has 0 aliphatic carbocycles.